The molecular formula is C16H25N7OS. The Hall–Kier alpha value is -2.29. The zero-order chi connectivity index (χ0) is 18.4. The van der Waals surface area contributed by atoms with Gasteiger partial charge in [0.1, 0.15) is 6.33 Å². The molecule has 0 unspecified atom stereocenters. The maximum absolute atomic E-state index is 12.0. The maximum atomic E-state index is 12.0. The third-order valence-corrected chi connectivity index (χ3v) is 4.16. The van der Waals surface area contributed by atoms with Crippen molar-refractivity contribution in [3.8, 4) is 0 Å². The zero-order valence-corrected chi connectivity index (χ0v) is 15.9. The minimum absolute atomic E-state index is 0.134. The van der Waals surface area contributed by atoms with Gasteiger partial charge in [-0.25, -0.2) is 9.50 Å². The van der Waals surface area contributed by atoms with Crippen molar-refractivity contribution in [3.63, 3.8) is 0 Å². The molecule has 1 amide bonds. The lowest BCUT2D eigenvalue weighted by Gasteiger charge is -2.13. The van der Waals surface area contributed by atoms with Crippen molar-refractivity contribution < 1.29 is 4.79 Å². The average molecular weight is 363 g/mol. The number of carbonyl (C=O) groups excluding carboxylic acids is 1. The highest BCUT2D eigenvalue weighted by molar-refractivity contribution is 7.80. The van der Waals surface area contributed by atoms with Crippen LogP contribution < -0.4 is 16.2 Å². The van der Waals surface area contributed by atoms with Gasteiger partial charge in [-0.1, -0.05) is 13.8 Å². The summed E-state index contributed by atoms with van der Waals surface area (Å²) in [5.41, 5.74) is 8.16. The normalized spacial score (nSPS) is 10.9. The number of hydrogen-bond donors (Lipinski definition) is 3. The fourth-order valence-electron chi connectivity index (χ4n) is 2.46. The van der Waals surface area contributed by atoms with E-state index in [-0.39, 0.29) is 5.91 Å². The minimum atomic E-state index is -0.134. The van der Waals surface area contributed by atoms with Crippen molar-refractivity contribution in [2.45, 2.75) is 47.0 Å². The summed E-state index contributed by atoms with van der Waals surface area (Å²) in [6.07, 6.45) is 3.39. The van der Waals surface area contributed by atoms with Crippen molar-refractivity contribution in [3.05, 3.63) is 23.3 Å². The molecule has 2 aromatic heterocycles. The van der Waals surface area contributed by atoms with Crippen LogP contribution in [0.2, 0.25) is 0 Å². The van der Waals surface area contributed by atoms with Gasteiger partial charge in [0, 0.05) is 24.4 Å². The highest BCUT2D eigenvalue weighted by Gasteiger charge is 2.12. The lowest BCUT2D eigenvalue weighted by Crippen LogP contribution is -2.47. The van der Waals surface area contributed by atoms with E-state index in [0.29, 0.717) is 29.6 Å². The van der Waals surface area contributed by atoms with Crippen LogP contribution in [0.4, 0.5) is 0 Å². The van der Waals surface area contributed by atoms with Crippen molar-refractivity contribution in [1.29, 1.82) is 0 Å². The number of carbonyl (C=O) groups is 1. The first-order chi connectivity index (χ1) is 11.9. The van der Waals surface area contributed by atoms with Crippen LogP contribution in [-0.2, 0) is 11.2 Å². The number of nitrogens with one attached hydrogen (secondary N) is 3. The molecule has 0 radical (unpaired) electrons. The monoisotopic (exact) mass is 363 g/mol. The standard InChI is InChI=1S/C16H25N7OS/c1-10(2)7-8-17-16(25)22-21-14(24)6-5-13-11(3)20-15-18-9-19-23(15)12(13)4/h9-10H,5-8H2,1-4H3,(H,21,24)(H2,17,22,25). The van der Waals surface area contributed by atoms with Gasteiger partial charge in [-0.2, -0.15) is 10.1 Å². The number of aryl methyl sites for hydroxylation is 2. The van der Waals surface area contributed by atoms with E-state index in [1.165, 1.54) is 6.33 Å². The second kappa shape index (κ2) is 8.70. The first-order valence-corrected chi connectivity index (χ1v) is 8.77. The molecule has 0 spiro atoms. The number of amides is 1. The summed E-state index contributed by atoms with van der Waals surface area (Å²) in [7, 11) is 0. The Balaban J connectivity index is 1.81. The highest BCUT2D eigenvalue weighted by atomic mass is 32.1. The Morgan fingerprint density at radius 3 is 2.80 bits per heavy atom. The lowest BCUT2D eigenvalue weighted by atomic mass is 10.1. The number of nitrogens with zero attached hydrogens (tertiary/aromatic N) is 4. The fraction of sp³-hybridized carbons (Fsp3) is 0.562. The summed E-state index contributed by atoms with van der Waals surface area (Å²) in [4.78, 5) is 20.5. The quantitative estimate of drug-likeness (QED) is 0.524. The van der Waals surface area contributed by atoms with Crippen LogP contribution in [0, 0.1) is 19.8 Å². The van der Waals surface area contributed by atoms with Gasteiger partial charge in [0.15, 0.2) is 5.11 Å². The van der Waals surface area contributed by atoms with Crippen molar-refractivity contribution in [2.75, 3.05) is 6.54 Å². The molecular weight excluding hydrogens is 338 g/mol. The molecule has 0 fully saturated rings. The highest BCUT2D eigenvalue weighted by Crippen LogP contribution is 2.14. The molecule has 0 aliphatic heterocycles. The summed E-state index contributed by atoms with van der Waals surface area (Å²) >= 11 is 5.12. The Labute approximate surface area is 152 Å². The molecule has 2 aromatic rings. The van der Waals surface area contributed by atoms with Gasteiger partial charge in [-0.3, -0.25) is 15.6 Å². The van der Waals surface area contributed by atoms with Crippen LogP contribution >= 0.6 is 12.2 Å². The molecule has 0 aromatic carbocycles. The molecule has 8 nitrogen and oxygen atoms in total. The maximum Gasteiger partial charge on any atom is 0.252 e. The Morgan fingerprint density at radius 1 is 1.32 bits per heavy atom. The van der Waals surface area contributed by atoms with Crippen molar-refractivity contribution in [2.24, 2.45) is 5.92 Å². The number of aromatic nitrogens is 4. The average Bonchev–Trinajstić information content (AvgIpc) is 3.00. The number of hydrogen-bond acceptors (Lipinski definition) is 5. The SMILES string of the molecule is Cc1nc2ncnn2c(C)c1CCC(=O)NNC(=S)NCCC(C)C. The smallest absolute Gasteiger partial charge is 0.252 e. The van der Waals surface area contributed by atoms with Gasteiger partial charge >= 0.3 is 0 Å². The van der Waals surface area contributed by atoms with Gasteiger partial charge in [0.25, 0.3) is 5.78 Å². The fourth-order valence-corrected chi connectivity index (χ4v) is 2.62. The predicted molar refractivity (Wildman–Crippen MR) is 99.9 cm³/mol. The van der Waals surface area contributed by atoms with Gasteiger partial charge in [-0.15, -0.1) is 0 Å². The molecule has 2 rings (SSSR count). The topological polar surface area (TPSA) is 96.2 Å². The molecule has 0 aliphatic carbocycles. The minimum Gasteiger partial charge on any atom is -0.361 e. The van der Waals surface area contributed by atoms with E-state index in [2.05, 4.69) is 45.1 Å². The third-order valence-electron chi connectivity index (χ3n) is 3.91. The lowest BCUT2D eigenvalue weighted by molar-refractivity contribution is -0.121. The van der Waals surface area contributed by atoms with E-state index in [1.807, 2.05) is 13.8 Å². The van der Waals surface area contributed by atoms with Crippen LogP contribution in [0.3, 0.4) is 0 Å². The van der Waals surface area contributed by atoms with E-state index in [0.717, 1.165) is 29.9 Å². The van der Waals surface area contributed by atoms with Gasteiger partial charge in [-0.05, 0) is 50.4 Å². The molecule has 0 bridgehead atoms. The number of thiocarbonyl (C=S) groups is 1. The number of hydrazine groups is 1. The summed E-state index contributed by atoms with van der Waals surface area (Å²) < 4.78 is 1.69. The first kappa shape index (κ1) is 19.0. The van der Waals surface area contributed by atoms with Crippen molar-refractivity contribution in [1.82, 2.24) is 35.8 Å². The van der Waals surface area contributed by atoms with Crippen LogP contribution in [0.15, 0.2) is 6.33 Å². The molecule has 0 saturated heterocycles. The van der Waals surface area contributed by atoms with Crippen LogP contribution in [0.5, 0.6) is 0 Å². The molecule has 136 valence electrons. The molecule has 9 heteroatoms. The Kier molecular flexibility index (Phi) is 6.63. The van der Waals surface area contributed by atoms with Crippen LogP contribution in [0.25, 0.3) is 5.78 Å². The van der Waals surface area contributed by atoms with Gasteiger partial charge in [0.05, 0.1) is 0 Å². The summed E-state index contributed by atoms with van der Waals surface area (Å²) in [6.45, 7) is 8.95. The molecule has 3 N–H and O–H groups in total. The van der Waals surface area contributed by atoms with E-state index >= 15 is 0 Å². The van der Waals surface area contributed by atoms with Gasteiger partial charge < -0.3 is 5.32 Å². The zero-order valence-electron chi connectivity index (χ0n) is 15.1. The summed E-state index contributed by atoms with van der Waals surface area (Å²) in [6, 6.07) is 0. The van der Waals surface area contributed by atoms with Crippen LogP contribution in [0.1, 0.15) is 43.6 Å². The van der Waals surface area contributed by atoms with Gasteiger partial charge in [0.2, 0.25) is 5.91 Å². The molecule has 0 aliphatic rings. The molecule has 0 atom stereocenters. The Morgan fingerprint density at radius 2 is 2.08 bits per heavy atom. The van der Waals surface area contributed by atoms with E-state index < -0.39 is 0 Å². The van der Waals surface area contributed by atoms with Crippen LogP contribution in [-0.4, -0.2) is 37.1 Å². The van der Waals surface area contributed by atoms with Crippen molar-refractivity contribution >= 4 is 29.0 Å². The first-order valence-electron chi connectivity index (χ1n) is 8.37. The number of rotatable bonds is 6. The second-order valence-electron chi connectivity index (χ2n) is 6.34. The van der Waals surface area contributed by atoms with E-state index in [1.54, 1.807) is 4.52 Å². The predicted octanol–water partition coefficient (Wildman–Crippen LogP) is 1.22. The second-order valence-corrected chi connectivity index (χ2v) is 6.75. The summed E-state index contributed by atoms with van der Waals surface area (Å²) in [5.74, 6) is 1.04. The molecule has 2 heterocycles. The van der Waals surface area contributed by atoms with E-state index in [4.69, 9.17) is 12.2 Å². The molecule has 25 heavy (non-hydrogen) atoms. The third kappa shape index (κ3) is 5.35. The Bertz CT molecular complexity index is 756. The number of fused-ring (bicyclic) bond motifs is 1. The summed E-state index contributed by atoms with van der Waals surface area (Å²) in [5, 5.41) is 7.63. The largest absolute Gasteiger partial charge is 0.361 e. The van der Waals surface area contributed by atoms with E-state index in [9.17, 15) is 4.79 Å². The molecule has 0 saturated carbocycles.